The number of thiocarbonyl (C=S) groups is 1. The van der Waals surface area contributed by atoms with Crippen molar-refractivity contribution in [3.63, 3.8) is 0 Å². The van der Waals surface area contributed by atoms with Gasteiger partial charge < -0.3 is 5.32 Å². The van der Waals surface area contributed by atoms with Gasteiger partial charge in [0.1, 0.15) is 15.8 Å². The van der Waals surface area contributed by atoms with Crippen LogP contribution in [0.3, 0.4) is 0 Å². The summed E-state index contributed by atoms with van der Waals surface area (Å²) in [5, 5.41) is 3.33. The van der Waals surface area contributed by atoms with Crippen LogP contribution in [0.5, 0.6) is 0 Å². The van der Waals surface area contributed by atoms with E-state index in [4.69, 9.17) is 17.2 Å². The number of carbonyl (C=O) groups is 1. The number of anilines is 1. The van der Waals surface area contributed by atoms with Crippen molar-refractivity contribution >= 4 is 61.6 Å². The maximum Gasteiger partial charge on any atom is 0.267 e. The first kappa shape index (κ1) is 26.8. The van der Waals surface area contributed by atoms with Gasteiger partial charge in [-0.05, 0) is 37.5 Å². The Balaban J connectivity index is 1.62. The van der Waals surface area contributed by atoms with Crippen LogP contribution >= 0.6 is 24.0 Å². The van der Waals surface area contributed by atoms with E-state index in [0.717, 1.165) is 30.2 Å². The van der Waals surface area contributed by atoms with Crippen molar-refractivity contribution < 1.29 is 13.2 Å². The summed E-state index contributed by atoms with van der Waals surface area (Å²) in [5.41, 5.74) is 1.46. The molecule has 1 N–H and O–H groups in total. The van der Waals surface area contributed by atoms with E-state index in [0.29, 0.717) is 39.2 Å². The van der Waals surface area contributed by atoms with Crippen molar-refractivity contribution in [1.29, 1.82) is 0 Å². The number of aryl methyl sites for hydroxylation is 1. The molecule has 2 aromatic heterocycles. The Bertz CT molecular complexity index is 1370. The third-order valence-electron chi connectivity index (χ3n) is 6.58. The van der Waals surface area contributed by atoms with Gasteiger partial charge in [0.15, 0.2) is 9.84 Å². The zero-order chi connectivity index (χ0) is 25.9. The molecule has 0 aliphatic carbocycles. The SMILES string of the molecule is CCCCCCCCNc1nc2c(C)cccn2c(=O)c1/C=C1\SC(=S)N([C@H]2CCS(=O)(=O)C2)C1=O. The zero-order valence-corrected chi connectivity index (χ0v) is 23.1. The number of carbonyl (C=O) groups excluding carboxylic acids is 1. The minimum absolute atomic E-state index is 0.0512. The Morgan fingerprint density at radius 3 is 2.69 bits per heavy atom. The molecule has 2 aliphatic rings. The fourth-order valence-corrected chi connectivity index (χ4v) is 7.68. The lowest BCUT2D eigenvalue weighted by Gasteiger charge is -2.20. The average molecular weight is 549 g/mol. The number of hydrogen-bond donors (Lipinski definition) is 1. The van der Waals surface area contributed by atoms with E-state index in [1.807, 2.05) is 13.0 Å². The first-order valence-electron chi connectivity index (χ1n) is 12.4. The van der Waals surface area contributed by atoms with Crippen LogP contribution in [-0.4, -0.2) is 57.0 Å². The van der Waals surface area contributed by atoms with Gasteiger partial charge in [0.25, 0.3) is 11.5 Å². The van der Waals surface area contributed by atoms with E-state index in [9.17, 15) is 18.0 Å². The number of rotatable bonds is 10. The highest BCUT2D eigenvalue weighted by molar-refractivity contribution is 8.26. The molecule has 1 amide bonds. The van der Waals surface area contributed by atoms with E-state index >= 15 is 0 Å². The fourth-order valence-electron chi connectivity index (χ4n) is 4.59. The number of sulfone groups is 1. The first-order valence-corrected chi connectivity index (χ1v) is 15.5. The highest BCUT2D eigenvalue weighted by atomic mass is 32.2. The molecule has 0 spiro atoms. The Morgan fingerprint density at radius 1 is 1.22 bits per heavy atom. The smallest absolute Gasteiger partial charge is 0.267 e. The van der Waals surface area contributed by atoms with Crippen molar-refractivity contribution in [1.82, 2.24) is 14.3 Å². The lowest BCUT2D eigenvalue weighted by molar-refractivity contribution is -0.123. The molecule has 2 aromatic rings. The maximum absolute atomic E-state index is 13.5. The van der Waals surface area contributed by atoms with E-state index in [2.05, 4.69) is 12.2 Å². The largest absolute Gasteiger partial charge is 0.369 e. The third-order valence-corrected chi connectivity index (χ3v) is 9.66. The van der Waals surface area contributed by atoms with Gasteiger partial charge in [-0.25, -0.2) is 13.4 Å². The Morgan fingerprint density at radius 2 is 1.97 bits per heavy atom. The van der Waals surface area contributed by atoms with Gasteiger partial charge >= 0.3 is 0 Å². The second-order valence-corrected chi connectivity index (χ2v) is 13.3. The fraction of sp³-hybridized carbons (Fsp3) is 0.520. The number of thioether (sulfide) groups is 1. The predicted molar refractivity (Wildman–Crippen MR) is 150 cm³/mol. The van der Waals surface area contributed by atoms with Crippen LogP contribution in [0.15, 0.2) is 28.0 Å². The Hall–Kier alpha value is -2.24. The molecule has 0 aromatic carbocycles. The van der Waals surface area contributed by atoms with Crippen molar-refractivity contribution in [2.24, 2.45) is 0 Å². The molecule has 2 fully saturated rings. The molecule has 11 heteroatoms. The number of hydrogen-bond acceptors (Lipinski definition) is 8. The van der Waals surface area contributed by atoms with E-state index in [-0.39, 0.29) is 23.0 Å². The molecule has 1 atom stereocenters. The summed E-state index contributed by atoms with van der Waals surface area (Å²) in [7, 11) is -3.17. The van der Waals surface area contributed by atoms with Crippen molar-refractivity contribution in [2.75, 3.05) is 23.4 Å². The van der Waals surface area contributed by atoms with Crippen molar-refractivity contribution in [2.45, 2.75) is 64.8 Å². The molecule has 0 radical (unpaired) electrons. The molecule has 4 heterocycles. The normalized spacial score (nSPS) is 20.7. The Kier molecular flexibility index (Phi) is 8.52. The van der Waals surface area contributed by atoms with Gasteiger partial charge in [0.2, 0.25) is 0 Å². The van der Waals surface area contributed by atoms with Crippen LogP contribution in [0, 0.1) is 6.92 Å². The van der Waals surface area contributed by atoms with Crippen LogP contribution in [0.4, 0.5) is 5.82 Å². The van der Waals surface area contributed by atoms with Crippen LogP contribution < -0.4 is 10.9 Å². The lowest BCUT2D eigenvalue weighted by atomic mass is 10.1. The number of aromatic nitrogens is 2. The highest BCUT2D eigenvalue weighted by Crippen LogP contribution is 2.36. The first-order chi connectivity index (χ1) is 17.2. The number of amides is 1. The average Bonchev–Trinajstić information content (AvgIpc) is 3.32. The molecule has 2 aliphatic heterocycles. The van der Waals surface area contributed by atoms with Gasteiger partial charge in [-0.3, -0.25) is 18.9 Å². The monoisotopic (exact) mass is 548 g/mol. The molecule has 194 valence electrons. The van der Waals surface area contributed by atoms with E-state index in [1.165, 1.54) is 35.0 Å². The lowest BCUT2D eigenvalue weighted by Crippen LogP contribution is -2.39. The molecule has 0 bridgehead atoms. The molecule has 2 saturated heterocycles. The van der Waals surface area contributed by atoms with Crippen molar-refractivity contribution in [3.05, 3.63) is 44.7 Å². The minimum Gasteiger partial charge on any atom is -0.369 e. The number of pyridine rings is 1. The van der Waals surface area contributed by atoms with Gasteiger partial charge in [0.05, 0.1) is 28.0 Å². The summed E-state index contributed by atoms with van der Waals surface area (Å²) in [6.07, 6.45) is 10.5. The summed E-state index contributed by atoms with van der Waals surface area (Å²) in [5.74, 6) is 0.0478. The number of nitrogens with one attached hydrogen (secondary N) is 1. The quantitative estimate of drug-likeness (QED) is 0.268. The second kappa shape index (κ2) is 11.4. The molecule has 36 heavy (non-hydrogen) atoms. The second-order valence-electron chi connectivity index (χ2n) is 9.37. The predicted octanol–water partition coefficient (Wildman–Crippen LogP) is 4.16. The topological polar surface area (TPSA) is 101 Å². The number of fused-ring (bicyclic) bond motifs is 1. The maximum atomic E-state index is 13.5. The van der Waals surface area contributed by atoms with Crippen molar-refractivity contribution in [3.8, 4) is 0 Å². The highest BCUT2D eigenvalue weighted by Gasteiger charge is 2.42. The summed E-state index contributed by atoms with van der Waals surface area (Å²) in [4.78, 5) is 33.2. The summed E-state index contributed by atoms with van der Waals surface area (Å²) in [6, 6.07) is 3.23. The standard InChI is InChI=1S/C25H32N4O4S3/c1-3-4-5-6-7-8-12-26-21-19(23(30)28-13-9-10-17(2)22(28)27-21)15-20-24(31)29(25(34)35-20)18-11-14-36(32,33)16-18/h9-10,13,15,18,26H,3-8,11-12,14,16H2,1-2H3/b20-15-/t18-/m0/s1. The van der Waals surface area contributed by atoms with Gasteiger partial charge in [0, 0.05) is 12.7 Å². The summed E-state index contributed by atoms with van der Waals surface area (Å²) >= 11 is 6.53. The molecule has 8 nitrogen and oxygen atoms in total. The molecule has 4 rings (SSSR count). The third kappa shape index (κ3) is 5.84. The van der Waals surface area contributed by atoms with E-state index < -0.39 is 15.9 Å². The summed E-state index contributed by atoms with van der Waals surface area (Å²) < 4.78 is 25.7. The number of unbranched alkanes of at least 4 members (excludes halogenated alkanes) is 5. The Labute approximate surface area is 221 Å². The van der Waals surface area contributed by atoms with Gasteiger partial charge in [-0.15, -0.1) is 0 Å². The summed E-state index contributed by atoms with van der Waals surface area (Å²) in [6.45, 7) is 4.76. The zero-order valence-electron chi connectivity index (χ0n) is 20.7. The molecular formula is C25H32N4O4S3. The van der Waals surface area contributed by atoms with Crippen LogP contribution in [0.1, 0.15) is 63.0 Å². The molecular weight excluding hydrogens is 517 g/mol. The van der Waals surface area contributed by atoms with Gasteiger partial charge in [-0.1, -0.05) is 69.1 Å². The van der Waals surface area contributed by atoms with Crippen LogP contribution in [0.25, 0.3) is 11.7 Å². The number of nitrogens with zero attached hydrogens (tertiary/aromatic N) is 3. The van der Waals surface area contributed by atoms with Crippen LogP contribution in [-0.2, 0) is 14.6 Å². The van der Waals surface area contributed by atoms with Crippen LogP contribution in [0.2, 0.25) is 0 Å². The van der Waals surface area contributed by atoms with Gasteiger partial charge in [-0.2, -0.15) is 0 Å². The molecule has 0 unspecified atom stereocenters. The minimum atomic E-state index is -3.17. The molecule has 0 saturated carbocycles. The van der Waals surface area contributed by atoms with E-state index in [1.54, 1.807) is 18.3 Å².